The molecule has 1 saturated heterocycles. The van der Waals surface area contributed by atoms with Gasteiger partial charge in [0.1, 0.15) is 11.0 Å². The molecule has 0 saturated carbocycles. The van der Waals surface area contributed by atoms with Gasteiger partial charge >= 0.3 is 0 Å². The lowest BCUT2D eigenvalue weighted by molar-refractivity contribution is 0.107. The van der Waals surface area contributed by atoms with Crippen molar-refractivity contribution in [3.63, 3.8) is 0 Å². The minimum atomic E-state index is 0.282. The fourth-order valence-electron chi connectivity index (χ4n) is 4.10. The van der Waals surface area contributed by atoms with E-state index in [0.717, 1.165) is 18.8 Å². The van der Waals surface area contributed by atoms with Crippen LogP contribution in [0.15, 0.2) is 30.3 Å². The molecule has 1 aromatic carbocycles. The maximum atomic E-state index is 6.41. The van der Waals surface area contributed by atoms with Crippen molar-refractivity contribution in [2.24, 2.45) is 0 Å². The molecule has 0 bridgehead atoms. The van der Waals surface area contributed by atoms with Crippen LogP contribution in [-0.4, -0.2) is 33.6 Å². The number of aromatic nitrogens is 2. The van der Waals surface area contributed by atoms with Crippen molar-refractivity contribution in [2.45, 2.75) is 58.0 Å². The lowest BCUT2D eigenvalue weighted by atomic mass is 9.95. The Morgan fingerprint density at radius 3 is 2.64 bits per heavy atom. The lowest BCUT2D eigenvalue weighted by Gasteiger charge is -2.40. The van der Waals surface area contributed by atoms with Crippen LogP contribution < -0.4 is 0 Å². The Morgan fingerprint density at radius 2 is 1.96 bits per heavy atom. The molecule has 3 nitrogen and oxygen atoms in total. The number of benzene rings is 1. The summed E-state index contributed by atoms with van der Waals surface area (Å²) in [6.07, 6.45) is 6.09. The number of nitrogens with zero attached hydrogens (tertiary/aromatic N) is 3. The summed E-state index contributed by atoms with van der Waals surface area (Å²) < 4.78 is 2.10. The highest BCUT2D eigenvalue weighted by Gasteiger charge is 2.30. The van der Waals surface area contributed by atoms with Gasteiger partial charge in [-0.15, -0.1) is 0 Å². The van der Waals surface area contributed by atoms with Crippen molar-refractivity contribution in [2.75, 3.05) is 13.1 Å². The number of hydrogen-bond acceptors (Lipinski definition) is 2. The molecule has 5 heteroatoms. The number of likely N-dealkylation sites (tertiary alicyclic amines) is 1. The highest BCUT2D eigenvalue weighted by Crippen LogP contribution is 2.33. The van der Waals surface area contributed by atoms with Crippen molar-refractivity contribution in [3.8, 4) is 0 Å². The SMILES string of the molecule is Cc1nc(Cl)c(Cl)n1C(C)C1CCCCN1CCCc1ccccc1. The molecule has 0 amide bonds. The van der Waals surface area contributed by atoms with Crippen LogP contribution in [0.1, 0.15) is 50.0 Å². The fourth-order valence-corrected chi connectivity index (χ4v) is 4.63. The largest absolute Gasteiger partial charge is 0.314 e. The molecular weight excluding hydrogens is 353 g/mol. The van der Waals surface area contributed by atoms with Crippen LogP contribution in [0.2, 0.25) is 10.3 Å². The molecule has 0 radical (unpaired) electrons. The second-order valence-electron chi connectivity index (χ2n) is 7.04. The van der Waals surface area contributed by atoms with Gasteiger partial charge in [0, 0.05) is 12.1 Å². The molecular formula is C20H27Cl2N3. The van der Waals surface area contributed by atoms with E-state index >= 15 is 0 Å². The van der Waals surface area contributed by atoms with Crippen LogP contribution in [0, 0.1) is 6.92 Å². The quantitative estimate of drug-likeness (QED) is 0.655. The molecule has 0 N–H and O–H groups in total. The molecule has 2 unspecified atom stereocenters. The molecule has 1 aromatic heterocycles. The predicted molar refractivity (Wildman–Crippen MR) is 106 cm³/mol. The maximum Gasteiger partial charge on any atom is 0.166 e. The Bertz CT molecular complexity index is 684. The molecule has 2 aromatic rings. The minimum Gasteiger partial charge on any atom is -0.314 e. The Labute approximate surface area is 161 Å². The summed E-state index contributed by atoms with van der Waals surface area (Å²) in [4.78, 5) is 6.97. The van der Waals surface area contributed by atoms with Gasteiger partial charge in [-0.25, -0.2) is 4.98 Å². The third-order valence-electron chi connectivity index (χ3n) is 5.37. The van der Waals surface area contributed by atoms with Crippen LogP contribution in [0.4, 0.5) is 0 Å². The molecule has 25 heavy (non-hydrogen) atoms. The number of hydrogen-bond donors (Lipinski definition) is 0. The standard InChI is InChI=1S/C20H27Cl2N3/c1-15(25-16(2)23-19(21)20(25)22)18-12-6-7-13-24(18)14-8-11-17-9-4-3-5-10-17/h3-5,9-10,15,18H,6-8,11-14H2,1-2H3. The first-order valence-electron chi connectivity index (χ1n) is 9.25. The Morgan fingerprint density at radius 1 is 1.20 bits per heavy atom. The number of piperidine rings is 1. The summed E-state index contributed by atoms with van der Waals surface area (Å²) in [6, 6.07) is 11.5. The molecule has 1 aliphatic rings. The van der Waals surface area contributed by atoms with Crippen molar-refractivity contribution in [1.82, 2.24) is 14.5 Å². The molecule has 2 heterocycles. The van der Waals surface area contributed by atoms with Crippen LogP contribution >= 0.6 is 23.2 Å². The summed E-state index contributed by atoms with van der Waals surface area (Å²) >= 11 is 12.5. The Kier molecular flexibility index (Phi) is 6.43. The first-order valence-corrected chi connectivity index (χ1v) is 10.0. The highest BCUT2D eigenvalue weighted by molar-refractivity contribution is 6.40. The smallest absolute Gasteiger partial charge is 0.166 e. The molecule has 1 fully saturated rings. The van der Waals surface area contributed by atoms with Crippen LogP contribution in [0.5, 0.6) is 0 Å². The zero-order valence-corrected chi connectivity index (χ0v) is 16.6. The van der Waals surface area contributed by atoms with E-state index in [1.165, 1.54) is 37.8 Å². The molecule has 3 rings (SSSR count). The average molecular weight is 380 g/mol. The average Bonchev–Trinajstić information content (AvgIpc) is 2.88. The number of halogens is 2. The van der Waals surface area contributed by atoms with E-state index in [4.69, 9.17) is 23.2 Å². The van der Waals surface area contributed by atoms with E-state index in [-0.39, 0.29) is 6.04 Å². The van der Waals surface area contributed by atoms with Gasteiger partial charge in [-0.3, -0.25) is 4.90 Å². The molecule has 0 aliphatic carbocycles. The van der Waals surface area contributed by atoms with Gasteiger partial charge in [-0.2, -0.15) is 0 Å². The van der Waals surface area contributed by atoms with Crippen molar-refractivity contribution in [3.05, 3.63) is 52.0 Å². The van der Waals surface area contributed by atoms with Crippen molar-refractivity contribution >= 4 is 23.2 Å². The second kappa shape index (κ2) is 8.57. The Balaban J connectivity index is 1.66. The first-order chi connectivity index (χ1) is 12.1. The van der Waals surface area contributed by atoms with Crippen molar-refractivity contribution in [1.29, 1.82) is 0 Å². The van der Waals surface area contributed by atoms with Gasteiger partial charge < -0.3 is 4.57 Å². The van der Waals surface area contributed by atoms with E-state index in [2.05, 4.69) is 51.7 Å². The summed E-state index contributed by atoms with van der Waals surface area (Å²) in [7, 11) is 0. The number of rotatable bonds is 6. The third-order valence-corrected chi connectivity index (χ3v) is 6.09. The van der Waals surface area contributed by atoms with E-state index in [1.54, 1.807) is 0 Å². The predicted octanol–water partition coefficient (Wildman–Crippen LogP) is 5.55. The van der Waals surface area contributed by atoms with E-state index in [9.17, 15) is 0 Å². The van der Waals surface area contributed by atoms with E-state index < -0.39 is 0 Å². The molecule has 136 valence electrons. The first kappa shape index (κ1) is 18.8. The van der Waals surface area contributed by atoms with E-state index in [0.29, 0.717) is 16.3 Å². The van der Waals surface area contributed by atoms with Gasteiger partial charge in [0.15, 0.2) is 5.15 Å². The highest BCUT2D eigenvalue weighted by atomic mass is 35.5. The zero-order chi connectivity index (χ0) is 17.8. The van der Waals surface area contributed by atoms with Crippen LogP contribution in [-0.2, 0) is 6.42 Å². The molecule has 0 spiro atoms. The summed E-state index contributed by atoms with van der Waals surface area (Å²) in [5, 5.41) is 0.985. The van der Waals surface area contributed by atoms with Gasteiger partial charge in [-0.05, 0) is 58.2 Å². The number of aryl methyl sites for hydroxylation is 2. The van der Waals surface area contributed by atoms with Gasteiger partial charge in [0.05, 0.1) is 0 Å². The summed E-state index contributed by atoms with van der Waals surface area (Å²) in [6.45, 7) is 6.53. The Hall–Kier alpha value is -1.03. The maximum absolute atomic E-state index is 6.41. The minimum absolute atomic E-state index is 0.282. The number of imidazole rings is 1. The van der Waals surface area contributed by atoms with Gasteiger partial charge in [0.25, 0.3) is 0 Å². The summed E-state index contributed by atoms with van der Waals surface area (Å²) in [5.74, 6) is 0.900. The van der Waals surface area contributed by atoms with Crippen molar-refractivity contribution < 1.29 is 0 Å². The summed E-state index contributed by atoms with van der Waals surface area (Å²) in [5.41, 5.74) is 1.42. The third kappa shape index (κ3) is 4.39. The van der Waals surface area contributed by atoms with Gasteiger partial charge in [0.2, 0.25) is 0 Å². The fraction of sp³-hybridized carbons (Fsp3) is 0.550. The molecule has 1 aliphatic heterocycles. The van der Waals surface area contributed by atoms with Gasteiger partial charge in [-0.1, -0.05) is 60.0 Å². The van der Waals surface area contributed by atoms with Crippen LogP contribution in [0.3, 0.4) is 0 Å². The zero-order valence-electron chi connectivity index (χ0n) is 15.1. The van der Waals surface area contributed by atoms with E-state index in [1.807, 2.05) is 6.92 Å². The van der Waals surface area contributed by atoms with Crippen LogP contribution in [0.25, 0.3) is 0 Å². The normalized spacial score (nSPS) is 19.9. The molecule has 2 atom stereocenters. The lowest BCUT2D eigenvalue weighted by Crippen LogP contribution is -2.44. The monoisotopic (exact) mass is 379 g/mol. The second-order valence-corrected chi connectivity index (χ2v) is 7.76. The topological polar surface area (TPSA) is 21.1 Å².